The fraction of sp³-hybridized carbons (Fsp3) is 0.421. The molecule has 0 radical (unpaired) electrons. The van der Waals surface area contributed by atoms with E-state index in [4.69, 9.17) is 0 Å². The van der Waals surface area contributed by atoms with Crippen LogP contribution in [0.15, 0.2) is 48.2 Å². The maximum Gasteiger partial charge on any atom is 0.416 e. The van der Waals surface area contributed by atoms with Crippen molar-refractivity contribution in [3.8, 4) is 0 Å². The van der Waals surface area contributed by atoms with Crippen molar-refractivity contribution in [2.24, 2.45) is 0 Å². The van der Waals surface area contributed by atoms with Crippen LogP contribution in [0.25, 0.3) is 0 Å². The number of carbonyl (C=O) groups excluding carboxylic acids is 1. The highest BCUT2D eigenvalue weighted by atomic mass is 19.4. The number of hydrogen-bond donors (Lipinski definition) is 0. The third-order valence-corrected chi connectivity index (χ3v) is 4.77. The molecule has 1 unspecified atom stereocenters. The SMILES string of the molecule is CN1C=CC(C(=O)N2CCCC(c3ccc(C(F)(F)F)cc3)C2)=CC1. The monoisotopic (exact) mass is 350 g/mol. The number of alkyl halides is 3. The lowest BCUT2D eigenvalue weighted by Gasteiger charge is -2.34. The van der Waals surface area contributed by atoms with Gasteiger partial charge in [0.2, 0.25) is 0 Å². The van der Waals surface area contributed by atoms with Crippen molar-refractivity contribution >= 4 is 5.91 Å². The van der Waals surface area contributed by atoms with Crippen LogP contribution >= 0.6 is 0 Å². The van der Waals surface area contributed by atoms with Gasteiger partial charge in [0, 0.05) is 38.2 Å². The average molecular weight is 350 g/mol. The predicted molar refractivity (Wildman–Crippen MR) is 89.9 cm³/mol. The van der Waals surface area contributed by atoms with Gasteiger partial charge in [0.1, 0.15) is 0 Å². The molecule has 2 aliphatic heterocycles. The van der Waals surface area contributed by atoms with Gasteiger partial charge in [-0.05, 0) is 42.8 Å². The van der Waals surface area contributed by atoms with Crippen LogP contribution in [0, 0.1) is 0 Å². The number of likely N-dealkylation sites (tertiary alicyclic amines) is 1. The van der Waals surface area contributed by atoms with Crippen molar-refractivity contribution in [3.05, 3.63) is 59.3 Å². The van der Waals surface area contributed by atoms with Crippen molar-refractivity contribution in [2.45, 2.75) is 24.9 Å². The highest BCUT2D eigenvalue weighted by molar-refractivity contribution is 5.96. The van der Waals surface area contributed by atoms with E-state index in [1.807, 2.05) is 35.2 Å². The molecule has 3 nitrogen and oxygen atoms in total. The number of likely N-dealkylation sites (N-methyl/N-ethyl adjacent to an activating group) is 1. The molecule has 6 heteroatoms. The van der Waals surface area contributed by atoms with Crippen LogP contribution in [0.1, 0.15) is 29.9 Å². The second-order valence-electron chi connectivity index (χ2n) is 6.62. The first-order valence-corrected chi connectivity index (χ1v) is 8.39. The minimum atomic E-state index is -4.32. The lowest BCUT2D eigenvalue weighted by atomic mass is 9.89. The van der Waals surface area contributed by atoms with Crippen molar-refractivity contribution in [3.63, 3.8) is 0 Å². The first-order valence-electron chi connectivity index (χ1n) is 8.39. The summed E-state index contributed by atoms with van der Waals surface area (Å²) in [6, 6.07) is 5.32. The van der Waals surface area contributed by atoms with Gasteiger partial charge in [-0.2, -0.15) is 13.2 Å². The third kappa shape index (κ3) is 4.06. The van der Waals surface area contributed by atoms with Gasteiger partial charge in [-0.3, -0.25) is 4.79 Å². The predicted octanol–water partition coefficient (Wildman–Crippen LogP) is 3.80. The third-order valence-electron chi connectivity index (χ3n) is 4.77. The smallest absolute Gasteiger partial charge is 0.377 e. The van der Waals surface area contributed by atoms with E-state index in [0.717, 1.165) is 30.5 Å². The lowest BCUT2D eigenvalue weighted by molar-refractivity contribution is -0.137. The van der Waals surface area contributed by atoms with Crippen LogP contribution < -0.4 is 0 Å². The summed E-state index contributed by atoms with van der Waals surface area (Å²) >= 11 is 0. The molecule has 1 aromatic carbocycles. The van der Waals surface area contributed by atoms with Gasteiger partial charge in [0.25, 0.3) is 5.91 Å². The Morgan fingerprint density at radius 2 is 1.92 bits per heavy atom. The van der Waals surface area contributed by atoms with Gasteiger partial charge in [0.05, 0.1) is 5.56 Å². The topological polar surface area (TPSA) is 23.6 Å². The van der Waals surface area contributed by atoms with Gasteiger partial charge in [-0.1, -0.05) is 18.2 Å². The van der Waals surface area contributed by atoms with E-state index in [-0.39, 0.29) is 11.8 Å². The second kappa shape index (κ2) is 6.94. The molecule has 1 amide bonds. The van der Waals surface area contributed by atoms with E-state index >= 15 is 0 Å². The highest BCUT2D eigenvalue weighted by Gasteiger charge is 2.31. The number of nitrogens with zero attached hydrogens (tertiary/aromatic N) is 2. The number of halogens is 3. The fourth-order valence-corrected chi connectivity index (χ4v) is 3.30. The molecular formula is C19H21F3N2O. The molecular weight excluding hydrogens is 329 g/mol. The van der Waals surface area contributed by atoms with E-state index in [9.17, 15) is 18.0 Å². The quantitative estimate of drug-likeness (QED) is 0.810. The molecule has 0 aromatic heterocycles. The number of amides is 1. The second-order valence-corrected chi connectivity index (χ2v) is 6.62. The zero-order valence-corrected chi connectivity index (χ0v) is 14.1. The number of rotatable bonds is 2. The average Bonchev–Trinajstić information content (AvgIpc) is 2.61. The summed E-state index contributed by atoms with van der Waals surface area (Å²) in [5, 5.41) is 0. The van der Waals surface area contributed by atoms with Gasteiger partial charge in [0.15, 0.2) is 0 Å². The van der Waals surface area contributed by atoms with E-state index in [0.29, 0.717) is 25.2 Å². The Morgan fingerprint density at radius 3 is 2.52 bits per heavy atom. The molecule has 0 saturated carbocycles. The molecule has 1 atom stereocenters. The molecule has 0 N–H and O–H groups in total. The Bertz CT molecular complexity index is 692. The molecule has 1 saturated heterocycles. The van der Waals surface area contributed by atoms with Crippen LogP contribution in [-0.4, -0.2) is 42.4 Å². The maximum absolute atomic E-state index is 12.7. The Kier molecular flexibility index (Phi) is 4.88. The van der Waals surface area contributed by atoms with Crippen LogP contribution in [-0.2, 0) is 11.0 Å². The highest BCUT2D eigenvalue weighted by Crippen LogP contribution is 2.32. The summed E-state index contributed by atoms with van der Waals surface area (Å²) in [7, 11) is 1.94. The molecule has 25 heavy (non-hydrogen) atoms. The molecule has 0 spiro atoms. The molecule has 1 aromatic rings. The van der Waals surface area contributed by atoms with Gasteiger partial charge in [-0.15, -0.1) is 0 Å². The first-order chi connectivity index (χ1) is 11.8. The maximum atomic E-state index is 12.7. The molecule has 3 rings (SSSR count). The summed E-state index contributed by atoms with van der Waals surface area (Å²) < 4.78 is 38.1. The summed E-state index contributed by atoms with van der Waals surface area (Å²) in [6.45, 7) is 1.94. The number of piperidine rings is 1. The Hall–Kier alpha value is -2.24. The number of carbonyl (C=O) groups is 1. The molecule has 0 bridgehead atoms. The molecule has 2 heterocycles. The Balaban J connectivity index is 1.69. The number of hydrogen-bond acceptors (Lipinski definition) is 2. The van der Waals surface area contributed by atoms with Crippen LogP contribution in [0.3, 0.4) is 0 Å². The lowest BCUT2D eigenvalue weighted by Crippen LogP contribution is -2.40. The molecule has 0 aliphatic carbocycles. The Labute approximate surface area is 145 Å². The van der Waals surface area contributed by atoms with E-state index in [2.05, 4.69) is 0 Å². The van der Waals surface area contributed by atoms with E-state index in [1.165, 1.54) is 12.1 Å². The van der Waals surface area contributed by atoms with Crippen LogP contribution in [0.5, 0.6) is 0 Å². The normalized spacial score (nSPS) is 21.3. The first kappa shape index (κ1) is 17.6. The standard InChI is InChI=1S/C19H21F3N2O/c1-23-11-8-15(9-12-23)18(25)24-10-2-3-16(13-24)14-4-6-17(7-5-14)19(20,21)22/h4-9,11,16H,2-3,10,12-13H2,1H3. The Morgan fingerprint density at radius 1 is 1.20 bits per heavy atom. The van der Waals surface area contributed by atoms with Crippen molar-refractivity contribution in [2.75, 3.05) is 26.7 Å². The summed E-state index contributed by atoms with van der Waals surface area (Å²) in [5.41, 5.74) is 0.908. The summed E-state index contributed by atoms with van der Waals surface area (Å²) in [6.07, 6.45) is 3.02. The molecule has 2 aliphatic rings. The minimum absolute atomic E-state index is 0.000890. The molecule has 1 fully saturated rings. The van der Waals surface area contributed by atoms with Crippen molar-refractivity contribution in [1.82, 2.24) is 9.80 Å². The van der Waals surface area contributed by atoms with Crippen molar-refractivity contribution < 1.29 is 18.0 Å². The zero-order valence-electron chi connectivity index (χ0n) is 14.1. The van der Waals surface area contributed by atoms with Crippen LogP contribution in [0.4, 0.5) is 13.2 Å². The van der Waals surface area contributed by atoms with Gasteiger partial charge in [-0.25, -0.2) is 0 Å². The largest absolute Gasteiger partial charge is 0.416 e. The van der Waals surface area contributed by atoms with E-state index in [1.54, 1.807) is 0 Å². The molecule has 134 valence electrons. The summed E-state index contributed by atoms with van der Waals surface area (Å²) in [5.74, 6) is 0.0804. The van der Waals surface area contributed by atoms with Gasteiger partial charge < -0.3 is 9.80 Å². The van der Waals surface area contributed by atoms with Gasteiger partial charge >= 0.3 is 6.18 Å². The van der Waals surface area contributed by atoms with Crippen molar-refractivity contribution in [1.29, 1.82) is 0 Å². The van der Waals surface area contributed by atoms with Crippen LogP contribution in [0.2, 0.25) is 0 Å². The fourth-order valence-electron chi connectivity index (χ4n) is 3.30. The number of benzene rings is 1. The van der Waals surface area contributed by atoms with E-state index < -0.39 is 11.7 Å². The minimum Gasteiger partial charge on any atom is -0.377 e. The summed E-state index contributed by atoms with van der Waals surface area (Å²) in [4.78, 5) is 16.5. The zero-order chi connectivity index (χ0) is 18.0.